The minimum absolute atomic E-state index is 0.00381. The molecule has 8 heteroatoms. The first-order valence-electron chi connectivity index (χ1n) is 9.47. The Hall–Kier alpha value is -2.22. The topological polar surface area (TPSA) is 72.3 Å². The van der Waals surface area contributed by atoms with Crippen LogP contribution >= 0.6 is 11.8 Å². The highest BCUT2D eigenvalue weighted by Crippen LogP contribution is 2.41. The van der Waals surface area contributed by atoms with Crippen LogP contribution in [0.4, 0.5) is 5.95 Å². The van der Waals surface area contributed by atoms with Crippen molar-refractivity contribution in [3.63, 3.8) is 0 Å². The second-order valence-corrected chi connectivity index (χ2v) is 7.94. The second kappa shape index (κ2) is 8.21. The Bertz CT molecular complexity index is 799. The number of hydrogen-bond acceptors (Lipinski definition) is 6. The van der Waals surface area contributed by atoms with Gasteiger partial charge < -0.3 is 15.0 Å². The molecule has 144 valence electrons. The summed E-state index contributed by atoms with van der Waals surface area (Å²) >= 11 is 1.47. The summed E-state index contributed by atoms with van der Waals surface area (Å²) in [5.74, 6) is 2.11. The zero-order chi connectivity index (χ0) is 18.6. The van der Waals surface area contributed by atoms with E-state index in [1.54, 1.807) is 7.11 Å². The lowest BCUT2D eigenvalue weighted by Crippen LogP contribution is -2.25. The number of benzene rings is 1. The lowest BCUT2D eigenvalue weighted by Gasteiger charge is -2.17. The van der Waals surface area contributed by atoms with Gasteiger partial charge in [-0.25, -0.2) is 0 Å². The van der Waals surface area contributed by atoms with Crippen LogP contribution in [0.1, 0.15) is 37.3 Å². The Balaban J connectivity index is 1.33. The summed E-state index contributed by atoms with van der Waals surface area (Å²) in [7, 11) is 1.64. The van der Waals surface area contributed by atoms with Crippen LogP contribution in [0.25, 0.3) is 0 Å². The van der Waals surface area contributed by atoms with Crippen molar-refractivity contribution in [1.29, 1.82) is 0 Å². The number of carbonyl (C=O) groups excluding carboxylic acids is 1. The minimum atomic E-state index is -0.00381. The van der Waals surface area contributed by atoms with Crippen LogP contribution in [-0.2, 0) is 11.3 Å². The molecule has 0 radical (unpaired) electrons. The number of aromatic nitrogens is 3. The highest BCUT2D eigenvalue weighted by atomic mass is 32.2. The molecule has 7 nitrogen and oxygen atoms in total. The van der Waals surface area contributed by atoms with E-state index in [9.17, 15) is 4.79 Å². The molecule has 1 amide bonds. The minimum Gasteiger partial charge on any atom is -0.497 e. The fraction of sp³-hybridized carbons (Fsp3) is 0.526. The van der Waals surface area contributed by atoms with Crippen molar-refractivity contribution < 1.29 is 9.53 Å². The maximum Gasteiger partial charge on any atom is 0.230 e. The van der Waals surface area contributed by atoms with Gasteiger partial charge in [0.25, 0.3) is 0 Å². The van der Waals surface area contributed by atoms with E-state index in [1.165, 1.54) is 37.4 Å². The predicted molar refractivity (Wildman–Crippen MR) is 105 cm³/mol. The third-order valence-electron chi connectivity index (χ3n) is 4.90. The van der Waals surface area contributed by atoms with Crippen molar-refractivity contribution in [2.45, 2.75) is 43.4 Å². The quantitative estimate of drug-likeness (QED) is 0.702. The van der Waals surface area contributed by atoms with Crippen molar-refractivity contribution >= 4 is 23.6 Å². The number of nitrogens with zero attached hydrogens (tertiary/aromatic N) is 4. The summed E-state index contributed by atoms with van der Waals surface area (Å²) in [6.45, 7) is 2.60. The SMILES string of the molecule is COc1cccc(CNC(=O)CSc2nnc(N3CCCC3)n2C2CC2)c1. The van der Waals surface area contributed by atoms with Crippen molar-refractivity contribution in [3.05, 3.63) is 29.8 Å². The number of thioether (sulfide) groups is 1. The number of carbonyl (C=O) groups is 1. The molecule has 1 saturated heterocycles. The summed E-state index contributed by atoms with van der Waals surface area (Å²) in [5.41, 5.74) is 1.02. The Labute approximate surface area is 163 Å². The molecule has 1 aliphatic carbocycles. The van der Waals surface area contributed by atoms with E-state index < -0.39 is 0 Å². The molecule has 2 aromatic rings. The van der Waals surface area contributed by atoms with Crippen molar-refractivity contribution in [1.82, 2.24) is 20.1 Å². The van der Waals surface area contributed by atoms with Crippen molar-refractivity contribution in [3.8, 4) is 5.75 Å². The average Bonchev–Trinajstić information content (AvgIpc) is 3.21. The summed E-state index contributed by atoms with van der Waals surface area (Å²) in [6, 6.07) is 8.22. The highest BCUT2D eigenvalue weighted by Gasteiger charge is 2.32. The van der Waals surface area contributed by atoms with Gasteiger partial charge in [0.05, 0.1) is 12.9 Å². The molecule has 0 spiro atoms. The maximum absolute atomic E-state index is 12.3. The van der Waals surface area contributed by atoms with Gasteiger partial charge in [-0.15, -0.1) is 10.2 Å². The first-order chi connectivity index (χ1) is 13.2. The van der Waals surface area contributed by atoms with Gasteiger partial charge in [-0.05, 0) is 43.4 Å². The van der Waals surface area contributed by atoms with Crippen LogP contribution in [0.15, 0.2) is 29.4 Å². The lowest BCUT2D eigenvalue weighted by atomic mass is 10.2. The maximum atomic E-state index is 12.3. The molecule has 1 aromatic carbocycles. The average molecular weight is 388 g/mol. The molecule has 1 N–H and O–H groups in total. The van der Waals surface area contributed by atoms with Gasteiger partial charge in [0, 0.05) is 25.7 Å². The zero-order valence-corrected chi connectivity index (χ0v) is 16.4. The Morgan fingerprint density at radius 3 is 2.85 bits per heavy atom. The monoisotopic (exact) mass is 387 g/mol. The zero-order valence-electron chi connectivity index (χ0n) is 15.6. The third-order valence-corrected chi connectivity index (χ3v) is 5.85. The number of anilines is 1. The summed E-state index contributed by atoms with van der Waals surface area (Å²) < 4.78 is 7.46. The van der Waals surface area contributed by atoms with Gasteiger partial charge in [0.2, 0.25) is 11.9 Å². The first-order valence-corrected chi connectivity index (χ1v) is 10.5. The summed E-state index contributed by atoms with van der Waals surface area (Å²) in [6.07, 6.45) is 4.78. The molecule has 27 heavy (non-hydrogen) atoms. The number of ether oxygens (including phenoxy) is 1. The molecule has 1 saturated carbocycles. The molecule has 0 unspecified atom stereocenters. The van der Waals surface area contributed by atoms with E-state index in [0.717, 1.165) is 35.5 Å². The van der Waals surface area contributed by atoms with E-state index in [2.05, 4.69) is 25.0 Å². The van der Waals surface area contributed by atoms with Gasteiger partial charge in [0.15, 0.2) is 5.16 Å². The fourth-order valence-electron chi connectivity index (χ4n) is 3.32. The predicted octanol–water partition coefficient (Wildman–Crippen LogP) is 2.63. The smallest absolute Gasteiger partial charge is 0.230 e. The number of rotatable bonds is 8. The number of methoxy groups -OCH3 is 1. The van der Waals surface area contributed by atoms with Gasteiger partial charge >= 0.3 is 0 Å². The molecule has 2 heterocycles. The summed E-state index contributed by atoms with van der Waals surface area (Å²) in [5, 5.41) is 12.6. The number of hydrogen-bond donors (Lipinski definition) is 1. The van der Waals surface area contributed by atoms with Crippen molar-refractivity contribution in [2.24, 2.45) is 0 Å². The molecule has 2 fully saturated rings. The molecule has 2 aliphatic rings. The molecule has 1 aromatic heterocycles. The Kier molecular flexibility index (Phi) is 5.52. The van der Waals surface area contributed by atoms with E-state index in [-0.39, 0.29) is 5.91 Å². The van der Waals surface area contributed by atoms with Crippen LogP contribution in [0.5, 0.6) is 5.75 Å². The van der Waals surface area contributed by atoms with E-state index in [1.807, 2.05) is 24.3 Å². The highest BCUT2D eigenvalue weighted by molar-refractivity contribution is 7.99. The van der Waals surface area contributed by atoms with Crippen LogP contribution in [0, 0.1) is 0 Å². The molecule has 1 aliphatic heterocycles. The number of amides is 1. The van der Waals surface area contributed by atoms with Gasteiger partial charge in [-0.2, -0.15) is 0 Å². The Morgan fingerprint density at radius 2 is 2.11 bits per heavy atom. The van der Waals surface area contributed by atoms with Crippen LogP contribution < -0.4 is 15.0 Å². The van der Waals surface area contributed by atoms with Crippen LogP contribution in [-0.4, -0.2) is 46.6 Å². The van der Waals surface area contributed by atoms with Gasteiger partial charge in [0.1, 0.15) is 5.75 Å². The van der Waals surface area contributed by atoms with E-state index in [4.69, 9.17) is 4.74 Å². The van der Waals surface area contributed by atoms with Gasteiger partial charge in [-0.1, -0.05) is 23.9 Å². The van der Waals surface area contributed by atoms with Crippen molar-refractivity contribution in [2.75, 3.05) is 30.9 Å². The van der Waals surface area contributed by atoms with Crippen LogP contribution in [0.2, 0.25) is 0 Å². The normalized spacial score (nSPS) is 16.6. The first kappa shape index (κ1) is 18.2. The second-order valence-electron chi connectivity index (χ2n) is 6.99. The third kappa shape index (κ3) is 4.37. The molecular formula is C19H25N5O2S. The van der Waals surface area contributed by atoms with Crippen LogP contribution in [0.3, 0.4) is 0 Å². The molecule has 4 rings (SSSR count). The largest absolute Gasteiger partial charge is 0.497 e. The molecule has 0 bridgehead atoms. The van der Waals surface area contributed by atoms with Gasteiger partial charge in [-0.3, -0.25) is 9.36 Å². The Morgan fingerprint density at radius 1 is 1.30 bits per heavy atom. The molecular weight excluding hydrogens is 362 g/mol. The molecule has 0 atom stereocenters. The number of nitrogens with one attached hydrogen (secondary N) is 1. The van der Waals surface area contributed by atoms with E-state index in [0.29, 0.717) is 18.3 Å². The fourth-order valence-corrected chi connectivity index (χ4v) is 4.15. The lowest BCUT2D eigenvalue weighted by molar-refractivity contribution is -0.118. The van der Waals surface area contributed by atoms with E-state index >= 15 is 0 Å². The summed E-state index contributed by atoms with van der Waals surface area (Å²) in [4.78, 5) is 14.6. The standard InChI is InChI=1S/C19H25N5O2S/c1-26-16-6-4-5-14(11-16)12-20-17(25)13-27-19-22-21-18(23-9-2-3-10-23)24(19)15-7-8-15/h4-6,11,15H,2-3,7-10,12-13H2,1H3,(H,20,25).